The van der Waals surface area contributed by atoms with E-state index in [4.69, 9.17) is 18.9 Å². The quantitative estimate of drug-likeness (QED) is 0.329. The molecule has 0 spiro atoms. The smallest absolute Gasteiger partial charge is 0.314 e. The number of carbonyl (C=O) groups is 2. The second-order valence-corrected chi connectivity index (χ2v) is 8.86. The van der Waals surface area contributed by atoms with Crippen molar-refractivity contribution in [2.45, 2.75) is 38.7 Å². The van der Waals surface area contributed by atoms with E-state index in [2.05, 4.69) is 15.9 Å². The van der Waals surface area contributed by atoms with Crippen LogP contribution in [0.2, 0.25) is 0 Å². The van der Waals surface area contributed by atoms with Crippen LogP contribution >= 0.6 is 15.9 Å². The molecule has 3 aliphatic rings. The average Bonchev–Trinajstić information content (AvgIpc) is 3.09. The summed E-state index contributed by atoms with van der Waals surface area (Å²) in [5, 5.41) is 0. The Morgan fingerprint density at radius 2 is 1.97 bits per heavy atom. The molecule has 5 rings (SSSR count). The first-order chi connectivity index (χ1) is 15.1. The molecule has 0 unspecified atom stereocenters. The second-order valence-electron chi connectivity index (χ2n) is 7.95. The summed E-state index contributed by atoms with van der Waals surface area (Å²) in [6.07, 6.45) is 6.71. The van der Waals surface area contributed by atoms with Crippen molar-refractivity contribution in [3.8, 4) is 17.2 Å². The fourth-order valence-electron chi connectivity index (χ4n) is 4.23. The lowest BCUT2D eigenvalue weighted by atomic mass is 9.89. The zero-order valence-corrected chi connectivity index (χ0v) is 18.4. The van der Waals surface area contributed by atoms with Crippen molar-refractivity contribution < 1.29 is 28.5 Å². The van der Waals surface area contributed by atoms with E-state index in [1.165, 1.54) is 6.42 Å². The number of halogens is 1. The summed E-state index contributed by atoms with van der Waals surface area (Å²) in [7, 11) is 0. The van der Waals surface area contributed by atoms with Gasteiger partial charge >= 0.3 is 5.97 Å². The lowest BCUT2D eigenvalue weighted by Gasteiger charge is -2.20. The number of hydrogen-bond acceptors (Lipinski definition) is 6. The SMILES string of the molecule is O=C1C(=Cc2cc(Br)cc3c2OCOC3)Oc2cc(OC(=O)C3CCCCC3)ccc21. The van der Waals surface area contributed by atoms with Crippen molar-refractivity contribution in [2.75, 3.05) is 6.79 Å². The highest BCUT2D eigenvalue weighted by Gasteiger charge is 2.30. The number of fused-ring (bicyclic) bond motifs is 2. The van der Waals surface area contributed by atoms with E-state index in [-0.39, 0.29) is 30.2 Å². The zero-order valence-electron chi connectivity index (χ0n) is 16.8. The van der Waals surface area contributed by atoms with Gasteiger partial charge in [0.15, 0.2) is 12.6 Å². The van der Waals surface area contributed by atoms with Gasteiger partial charge in [-0.1, -0.05) is 35.2 Å². The van der Waals surface area contributed by atoms with E-state index in [0.29, 0.717) is 29.4 Å². The predicted molar refractivity (Wildman–Crippen MR) is 116 cm³/mol. The monoisotopic (exact) mass is 484 g/mol. The molecule has 2 aromatic rings. The lowest BCUT2D eigenvalue weighted by molar-refractivity contribution is -0.139. The Balaban J connectivity index is 1.38. The van der Waals surface area contributed by atoms with Crippen LogP contribution in [0.15, 0.2) is 40.6 Å². The molecule has 0 radical (unpaired) electrons. The summed E-state index contributed by atoms with van der Waals surface area (Å²) in [4.78, 5) is 25.3. The Labute approximate surface area is 188 Å². The largest absolute Gasteiger partial charge is 0.467 e. The van der Waals surface area contributed by atoms with Crippen LogP contribution in [0.5, 0.6) is 17.2 Å². The molecular weight excluding hydrogens is 464 g/mol. The summed E-state index contributed by atoms with van der Waals surface area (Å²) >= 11 is 3.48. The van der Waals surface area contributed by atoms with Gasteiger partial charge in [0.05, 0.1) is 18.1 Å². The predicted octanol–water partition coefficient (Wildman–Crippen LogP) is 5.42. The Morgan fingerprint density at radius 3 is 2.81 bits per heavy atom. The van der Waals surface area contributed by atoms with E-state index in [9.17, 15) is 9.59 Å². The standard InChI is InChI=1S/C24H21BrO6/c25-17-8-15(23-16(9-17)12-28-13-29-23)10-21-22(26)19-7-6-18(11-20(19)31-21)30-24(27)14-4-2-1-3-5-14/h6-11,14H,1-5,12-13H2. The molecule has 31 heavy (non-hydrogen) atoms. The van der Waals surface area contributed by atoms with Crippen molar-refractivity contribution in [3.63, 3.8) is 0 Å². The lowest BCUT2D eigenvalue weighted by Crippen LogP contribution is -2.22. The summed E-state index contributed by atoms with van der Waals surface area (Å²) in [5.74, 6) is 1.17. The minimum Gasteiger partial charge on any atom is -0.467 e. The van der Waals surface area contributed by atoms with Gasteiger partial charge in [-0.25, -0.2) is 0 Å². The number of benzene rings is 2. The van der Waals surface area contributed by atoms with Crippen LogP contribution in [0.4, 0.5) is 0 Å². The molecule has 0 N–H and O–H groups in total. The van der Waals surface area contributed by atoms with Gasteiger partial charge in [0, 0.05) is 21.7 Å². The number of Topliss-reactive ketones (excluding diaryl/α,β-unsaturated/α-hetero) is 1. The molecule has 2 aromatic carbocycles. The fourth-order valence-corrected chi connectivity index (χ4v) is 4.75. The number of ketones is 1. The topological polar surface area (TPSA) is 71.1 Å². The summed E-state index contributed by atoms with van der Waals surface area (Å²) in [6, 6.07) is 8.69. The summed E-state index contributed by atoms with van der Waals surface area (Å²) in [6.45, 7) is 0.602. The molecule has 6 nitrogen and oxygen atoms in total. The van der Waals surface area contributed by atoms with Crippen LogP contribution < -0.4 is 14.2 Å². The van der Waals surface area contributed by atoms with Gasteiger partial charge in [-0.15, -0.1) is 0 Å². The number of carbonyl (C=O) groups excluding carboxylic acids is 2. The number of allylic oxidation sites excluding steroid dienone is 1. The zero-order chi connectivity index (χ0) is 21.4. The van der Waals surface area contributed by atoms with Gasteiger partial charge in [-0.05, 0) is 43.2 Å². The van der Waals surface area contributed by atoms with Gasteiger partial charge in [-0.2, -0.15) is 0 Å². The molecular formula is C24H21BrO6. The maximum atomic E-state index is 12.9. The highest BCUT2D eigenvalue weighted by atomic mass is 79.9. The molecule has 1 saturated carbocycles. The number of hydrogen-bond donors (Lipinski definition) is 0. The van der Waals surface area contributed by atoms with Crippen molar-refractivity contribution in [3.05, 3.63) is 57.3 Å². The number of esters is 1. The Morgan fingerprint density at radius 1 is 1.13 bits per heavy atom. The molecule has 0 amide bonds. The molecule has 0 aromatic heterocycles. The maximum Gasteiger partial charge on any atom is 0.314 e. The van der Waals surface area contributed by atoms with Gasteiger partial charge in [0.25, 0.3) is 0 Å². The molecule has 1 fully saturated rings. The van der Waals surface area contributed by atoms with E-state index in [1.54, 1.807) is 24.3 Å². The summed E-state index contributed by atoms with van der Waals surface area (Å²) < 4.78 is 23.2. The minimum absolute atomic E-state index is 0.0494. The first kappa shape index (κ1) is 20.3. The molecule has 7 heteroatoms. The van der Waals surface area contributed by atoms with Crippen molar-refractivity contribution in [1.82, 2.24) is 0 Å². The van der Waals surface area contributed by atoms with Crippen molar-refractivity contribution in [1.29, 1.82) is 0 Å². The Bertz CT molecular complexity index is 1080. The molecule has 0 saturated heterocycles. The third-order valence-electron chi connectivity index (χ3n) is 5.79. The average molecular weight is 485 g/mol. The van der Waals surface area contributed by atoms with Gasteiger partial charge < -0.3 is 18.9 Å². The third kappa shape index (κ3) is 4.12. The Kier molecular flexibility index (Phi) is 5.54. The number of ether oxygens (including phenoxy) is 4. The highest BCUT2D eigenvalue weighted by Crippen LogP contribution is 2.38. The molecule has 2 aliphatic heterocycles. The summed E-state index contributed by atoms with van der Waals surface area (Å²) in [5.41, 5.74) is 2.07. The van der Waals surface area contributed by atoms with Gasteiger partial charge in [0.1, 0.15) is 17.2 Å². The first-order valence-corrected chi connectivity index (χ1v) is 11.2. The van der Waals surface area contributed by atoms with Crippen LogP contribution in [-0.2, 0) is 16.1 Å². The van der Waals surface area contributed by atoms with Gasteiger partial charge in [-0.3, -0.25) is 9.59 Å². The molecule has 1 aliphatic carbocycles. The van der Waals surface area contributed by atoms with Gasteiger partial charge in [0.2, 0.25) is 5.78 Å². The van der Waals surface area contributed by atoms with E-state index < -0.39 is 0 Å². The third-order valence-corrected chi connectivity index (χ3v) is 6.25. The number of rotatable bonds is 3. The molecule has 0 bridgehead atoms. The van der Waals surface area contributed by atoms with Crippen LogP contribution in [0, 0.1) is 5.92 Å². The molecule has 160 valence electrons. The highest BCUT2D eigenvalue weighted by molar-refractivity contribution is 9.10. The second kappa shape index (κ2) is 8.48. The molecule has 0 atom stereocenters. The van der Waals surface area contributed by atoms with Crippen LogP contribution in [0.1, 0.15) is 53.6 Å². The van der Waals surface area contributed by atoms with Crippen molar-refractivity contribution in [2.24, 2.45) is 5.92 Å². The fraction of sp³-hybridized carbons (Fsp3) is 0.333. The Hall–Kier alpha value is -2.64. The van der Waals surface area contributed by atoms with Crippen LogP contribution in [0.25, 0.3) is 6.08 Å². The van der Waals surface area contributed by atoms with Crippen LogP contribution in [-0.4, -0.2) is 18.5 Å². The van der Waals surface area contributed by atoms with E-state index >= 15 is 0 Å². The van der Waals surface area contributed by atoms with E-state index in [1.807, 2.05) is 12.1 Å². The normalized spacial score (nSPS) is 19.4. The first-order valence-electron chi connectivity index (χ1n) is 10.4. The maximum absolute atomic E-state index is 12.9. The minimum atomic E-state index is -0.221. The molecule has 2 heterocycles. The van der Waals surface area contributed by atoms with E-state index in [0.717, 1.165) is 41.3 Å². The van der Waals surface area contributed by atoms with Crippen LogP contribution in [0.3, 0.4) is 0 Å². The van der Waals surface area contributed by atoms with Crippen molar-refractivity contribution >= 4 is 33.8 Å².